The van der Waals surface area contributed by atoms with Gasteiger partial charge in [-0.05, 0) is 81.6 Å². The van der Waals surface area contributed by atoms with Crippen molar-refractivity contribution in [3.8, 4) is 0 Å². The number of rotatable bonds is 30. The highest BCUT2D eigenvalue weighted by Crippen LogP contribution is 2.24. The zero-order valence-corrected chi connectivity index (χ0v) is 46.1. The molecular formula is C47H87N15O10S2. The van der Waals surface area contributed by atoms with Gasteiger partial charge in [0, 0.05) is 24.5 Å². The van der Waals surface area contributed by atoms with Crippen LogP contribution in [0.4, 0.5) is 0 Å². The quantitative estimate of drug-likeness (QED) is 0.0156. The molecule has 1 heterocycles. The topological polar surface area (TPSA) is 435 Å². The normalized spacial score (nSPS) is 20.2. The lowest BCUT2D eigenvalue weighted by atomic mass is 9.96. The van der Waals surface area contributed by atoms with E-state index in [1.165, 1.54) is 0 Å². The lowest BCUT2D eigenvalue weighted by molar-refractivity contribution is -0.136. The van der Waals surface area contributed by atoms with Gasteiger partial charge < -0.3 is 76.9 Å². The van der Waals surface area contributed by atoms with E-state index in [0.29, 0.717) is 32.2 Å². The summed E-state index contributed by atoms with van der Waals surface area (Å²) >= 11 is 0. The van der Waals surface area contributed by atoms with Crippen LogP contribution in [0.25, 0.3) is 0 Å². The first-order valence-electron chi connectivity index (χ1n) is 25.5. The number of nitrogens with two attached hydrogens (primary N) is 6. The predicted molar refractivity (Wildman–Crippen MR) is 287 cm³/mol. The Morgan fingerprint density at radius 2 is 1.22 bits per heavy atom. The van der Waals surface area contributed by atoms with E-state index in [1.54, 1.807) is 20.8 Å². The SMILES string of the molecule is CC[C@H](C)[C@@H]1NC(=O)[C@H](NC(=O)[C@@H](N)CCCCN)CSSC[C@@H](C(=O)N[C@@H](CCCN=C(N)N)C(=O)N[C@@H](CC(C)C)C(=O)N[C@@H](CC(C)C)C(=O)N[C@@H](CCC(N)=O)C(N)=O)NC(=O)[C@H](CC(C)C)NC1=O. The van der Waals surface area contributed by atoms with E-state index in [1.807, 2.05) is 34.6 Å². The van der Waals surface area contributed by atoms with Gasteiger partial charge >= 0.3 is 0 Å². The molecule has 0 aliphatic carbocycles. The van der Waals surface area contributed by atoms with Gasteiger partial charge in [0.1, 0.15) is 48.3 Å². The Kier molecular flexibility index (Phi) is 31.5. The fourth-order valence-corrected chi connectivity index (χ4v) is 9.88. The Hall–Kier alpha value is -5.41. The van der Waals surface area contributed by atoms with E-state index >= 15 is 0 Å². The fraction of sp³-hybridized carbons (Fsp3) is 0.766. The molecule has 1 aliphatic heterocycles. The molecule has 27 heteroatoms. The molecule has 0 aromatic carbocycles. The molecule has 1 fully saturated rings. The van der Waals surface area contributed by atoms with Gasteiger partial charge in [0.25, 0.3) is 0 Å². The van der Waals surface area contributed by atoms with E-state index in [-0.39, 0.29) is 86.7 Å². The van der Waals surface area contributed by atoms with Crippen LogP contribution < -0.4 is 76.9 Å². The number of amides is 10. The van der Waals surface area contributed by atoms with E-state index < -0.39 is 119 Å². The summed E-state index contributed by atoms with van der Waals surface area (Å²) in [7, 11) is 2.22. The molecule has 10 atom stereocenters. The van der Waals surface area contributed by atoms with Crippen molar-refractivity contribution >= 4 is 86.6 Å². The van der Waals surface area contributed by atoms with Crippen LogP contribution in [0.5, 0.6) is 0 Å². The molecule has 422 valence electrons. The van der Waals surface area contributed by atoms with Crippen molar-refractivity contribution in [2.75, 3.05) is 24.6 Å². The molecule has 0 saturated carbocycles. The van der Waals surface area contributed by atoms with Crippen molar-refractivity contribution in [1.82, 2.24) is 42.5 Å². The highest BCUT2D eigenvalue weighted by molar-refractivity contribution is 8.76. The number of hydrogen-bond acceptors (Lipinski definition) is 15. The number of unbranched alkanes of at least 4 members (excludes halogenated alkanes) is 1. The maximum Gasteiger partial charge on any atom is 0.244 e. The molecule has 1 saturated heterocycles. The molecule has 74 heavy (non-hydrogen) atoms. The minimum Gasteiger partial charge on any atom is -0.370 e. The van der Waals surface area contributed by atoms with Gasteiger partial charge in [-0.15, -0.1) is 0 Å². The average Bonchev–Trinajstić information content (AvgIpc) is 3.31. The van der Waals surface area contributed by atoms with Gasteiger partial charge in [-0.3, -0.25) is 52.9 Å². The summed E-state index contributed by atoms with van der Waals surface area (Å²) in [5.41, 5.74) is 33.6. The summed E-state index contributed by atoms with van der Waals surface area (Å²) in [5.74, 6) is -8.55. The first-order valence-corrected chi connectivity index (χ1v) is 28.0. The van der Waals surface area contributed by atoms with Crippen LogP contribution in [0, 0.1) is 23.7 Å². The van der Waals surface area contributed by atoms with Crippen LogP contribution in [0.3, 0.4) is 0 Å². The summed E-state index contributed by atoms with van der Waals surface area (Å²) in [4.78, 5) is 140. The first-order chi connectivity index (χ1) is 34.7. The van der Waals surface area contributed by atoms with E-state index in [2.05, 4.69) is 47.5 Å². The maximum absolute atomic E-state index is 14.5. The molecule has 25 nitrogen and oxygen atoms in total. The van der Waals surface area contributed by atoms with Gasteiger partial charge in [-0.25, -0.2) is 0 Å². The number of primary amides is 2. The molecule has 1 aliphatic rings. The van der Waals surface area contributed by atoms with Crippen molar-refractivity contribution in [2.24, 2.45) is 63.1 Å². The number of nitrogens with one attached hydrogen (secondary N) is 8. The average molecular weight is 1090 g/mol. The van der Waals surface area contributed by atoms with E-state index in [0.717, 1.165) is 21.6 Å². The standard InChI is InChI=1S/C47H87N15O10S2/c1-9-27(8)37-46(72)59-33(21-26(6)7)43(69)61-34(22-73-74-23-35(45(71)62-37)60-39(65)28(49)13-10-11-17-48)44(70)56-30(14-12-18-54-47(52)53)40(66)57-32(20-25(4)5)42(68)58-31(19-24(2)3)41(67)55-29(38(51)64)15-16-36(50)63/h24-35,37H,9-23,48-49H2,1-8H3,(H2,50,63)(H2,51,64)(H,55,67)(H,56,70)(H,57,66)(H,58,68)(H,59,72)(H,60,65)(H,61,69)(H,62,71)(H4,52,53,54)/t27-,28-,29-,30-,31-,32-,33-,34-,35+,37-/m0/s1. The first kappa shape index (κ1) is 66.6. The highest BCUT2D eigenvalue weighted by atomic mass is 33.1. The van der Waals surface area contributed by atoms with Crippen molar-refractivity contribution in [3.63, 3.8) is 0 Å². The third-order valence-corrected chi connectivity index (χ3v) is 14.3. The molecule has 20 N–H and O–H groups in total. The summed E-state index contributed by atoms with van der Waals surface area (Å²) in [6.07, 6.45) is 2.07. The third kappa shape index (κ3) is 26.2. The Morgan fingerprint density at radius 1 is 0.649 bits per heavy atom. The molecule has 0 bridgehead atoms. The minimum absolute atomic E-state index is 0.0410. The molecule has 10 amide bonds. The zero-order valence-electron chi connectivity index (χ0n) is 44.4. The van der Waals surface area contributed by atoms with Gasteiger partial charge in [0.2, 0.25) is 59.1 Å². The van der Waals surface area contributed by atoms with Crippen LogP contribution in [0.2, 0.25) is 0 Å². The summed E-state index contributed by atoms with van der Waals surface area (Å²) in [6.45, 7) is 15.0. The summed E-state index contributed by atoms with van der Waals surface area (Å²) in [5, 5.41) is 21.7. The van der Waals surface area contributed by atoms with Crippen molar-refractivity contribution in [2.45, 2.75) is 180 Å². The van der Waals surface area contributed by atoms with Crippen LogP contribution in [-0.4, -0.2) is 144 Å². The molecule has 0 spiro atoms. The van der Waals surface area contributed by atoms with E-state index in [9.17, 15) is 47.9 Å². The Balaban J connectivity index is 3.70. The second-order valence-electron chi connectivity index (χ2n) is 20.0. The van der Waals surface area contributed by atoms with Crippen molar-refractivity contribution in [1.29, 1.82) is 0 Å². The fourth-order valence-electron chi connectivity index (χ4n) is 7.55. The summed E-state index contributed by atoms with van der Waals surface area (Å²) < 4.78 is 0. The third-order valence-electron chi connectivity index (χ3n) is 11.9. The van der Waals surface area contributed by atoms with Gasteiger partial charge in [-0.1, -0.05) is 89.8 Å². The zero-order chi connectivity index (χ0) is 56.2. The maximum atomic E-state index is 14.5. The largest absolute Gasteiger partial charge is 0.370 e. The van der Waals surface area contributed by atoms with Crippen molar-refractivity contribution < 1.29 is 47.9 Å². The van der Waals surface area contributed by atoms with Crippen LogP contribution in [0.1, 0.15) is 126 Å². The van der Waals surface area contributed by atoms with Crippen LogP contribution in [0.15, 0.2) is 4.99 Å². The number of carbonyl (C=O) groups is 10. The number of nitrogens with zero attached hydrogens (tertiary/aromatic N) is 1. The van der Waals surface area contributed by atoms with Crippen LogP contribution >= 0.6 is 21.6 Å². The number of guanidine groups is 1. The predicted octanol–water partition coefficient (Wildman–Crippen LogP) is -2.30. The Bertz CT molecular complexity index is 1910. The van der Waals surface area contributed by atoms with Crippen LogP contribution in [-0.2, 0) is 47.9 Å². The Morgan fingerprint density at radius 3 is 1.73 bits per heavy atom. The lowest BCUT2D eigenvalue weighted by Crippen LogP contribution is -2.62. The van der Waals surface area contributed by atoms with Gasteiger partial charge in [0.05, 0.1) is 6.04 Å². The number of carbonyl (C=O) groups excluding carboxylic acids is 10. The smallest absolute Gasteiger partial charge is 0.244 e. The number of hydrogen-bond donors (Lipinski definition) is 14. The van der Waals surface area contributed by atoms with Gasteiger partial charge in [0.15, 0.2) is 5.96 Å². The molecule has 0 radical (unpaired) electrons. The number of aliphatic imine (C=N–C) groups is 1. The highest BCUT2D eigenvalue weighted by Gasteiger charge is 2.37. The van der Waals surface area contributed by atoms with Gasteiger partial charge in [-0.2, -0.15) is 0 Å². The molecular weight excluding hydrogens is 999 g/mol. The van der Waals surface area contributed by atoms with E-state index in [4.69, 9.17) is 34.4 Å². The Labute approximate surface area is 443 Å². The molecule has 0 aromatic heterocycles. The molecule has 0 aromatic rings. The lowest BCUT2D eigenvalue weighted by Gasteiger charge is -2.30. The molecule has 1 rings (SSSR count). The molecule has 0 unspecified atom stereocenters. The summed E-state index contributed by atoms with van der Waals surface area (Å²) in [6, 6.07) is -10.8. The van der Waals surface area contributed by atoms with Crippen molar-refractivity contribution in [3.05, 3.63) is 0 Å². The second-order valence-corrected chi connectivity index (χ2v) is 22.6. The second kappa shape index (κ2) is 35.0. The monoisotopic (exact) mass is 1090 g/mol. The minimum atomic E-state index is -1.35.